The molecule has 2 aliphatic rings. The number of nitrogens with one attached hydrogen (secondary N) is 1. The Hall–Kier alpha value is -3.42. The van der Waals surface area contributed by atoms with Gasteiger partial charge in [-0.3, -0.25) is 19.5 Å². The summed E-state index contributed by atoms with van der Waals surface area (Å²) in [6, 6.07) is 8.88. The first-order valence-electron chi connectivity index (χ1n) is 10.4. The van der Waals surface area contributed by atoms with Gasteiger partial charge in [-0.15, -0.1) is 0 Å². The molecule has 8 heteroatoms. The summed E-state index contributed by atoms with van der Waals surface area (Å²) in [5.41, 5.74) is 8.65. The lowest BCUT2D eigenvalue weighted by Crippen LogP contribution is -2.35. The molecule has 3 heterocycles. The Morgan fingerprint density at radius 1 is 1.07 bits per heavy atom. The number of rotatable bonds is 4. The van der Waals surface area contributed by atoms with Crippen molar-refractivity contribution in [3.8, 4) is 0 Å². The Labute approximate surface area is 174 Å². The van der Waals surface area contributed by atoms with E-state index in [1.165, 1.54) is 6.42 Å². The molecule has 0 radical (unpaired) electrons. The van der Waals surface area contributed by atoms with Crippen LogP contribution in [0.25, 0.3) is 11.2 Å². The predicted molar refractivity (Wildman–Crippen MR) is 114 cm³/mol. The lowest BCUT2D eigenvalue weighted by molar-refractivity contribution is 0.0724. The zero-order chi connectivity index (χ0) is 20.7. The number of amides is 2. The molecule has 0 spiro atoms. The van der Waals surface area contributed by atoms with Gasteiger partial charge >= 0.3 is 0 Å². The fraction of sp³-hybridized carbons (Fsp3) is 0.364. The third-order valence-electron chi connectivity index (χ3n) is 5.71. The molecule has 1 aliphatic carbocycles. The summed E-state index contributed by atoms with van der Waals surface area (Å²) in [7, 11) is 0. The largest absolute Gasteiger partial charge is 0.399 e. The molecule has 2 amide bonds. The van der Waals surface area contributed by atoms with E-state index in [2.05, 4.69) is 15.3 Å². The number of hydrogen-bond donors (Lipinski definition) is 2. The van der Waals surface area contributed by atoms with Crippen molar-refractivity contribution in [1.82, 2.24) is 19.4 Å². The lowest BCUT2D eigenvalue weighted by atomic mass is 10.1. The van der Waals surface area contributed by atoms with E-state index in [4.69, 9.17) is 5.73 Å². The first-order valence-corrected chi connectivity index (χ1v) is 10.4. The minimum absolute atomic E-state index is 0.00424. The number of imidazole rings is 1. The number of carbonyl (C=O) groups is 2. The third kappa shape index (κ3) is 3.49. The molecule has 1 aliphatic heterocycles. The van der Waals surface area contributed by atoms with Crippen LogP contribution in [0.3, 0.4) is 0 Å². The second-order valence-corrected chi connectivity index (χ2v) is 8.04. The monoisotopic (exact) mass is 404 g/mol. The highest BCUT2D eigenvalue weighted by molar-refractivity contribution is 6.04. The van der Waals surface area contributed by atoms with Crippen LogP contribution >= 0.6 is 0 Å². The molecule has 154 valence electrons. The van der Waals surface area contributed by atoms with Gasteiger partial charge in [-0.05, 0) is 56.4 Å². The molecule has 3 N–H and O–H groups in total. The summed E-state index contributed by atoms with van der Waals surface area (Å²) >= 11 is 0. The highest BCUT2D eigenvalue weighted by Crippen LogP contribution is 2.40. The Morgan fingerprint density at radius 3 is 2.60 bits per heavy atom. The first-order chi connectivity index (χ1) is 14.6. The molecule has 1 aromatic carbocycles. The van der Waals surface area contributed by atoms with Crippen LogP contribution in [0.1, 0.15) is 58.9 Å². The summed E-state index contributed by atoms with van der Waals surface area (Å²) in [5.74, 6) is 0.175. The molecule has 0 atom stereocenters. The Balaban J connectivity index is 1.47. The van der Waals surface area contributed by atoms with Crippen molar-refractivity contribution in [2.75, 3.05) is 24.1 Å². The van der Waals surface area contributed by atoms with E-state index < -0.39 is 0 Å². The zero-order valence-corrected chi connectivity index (χ0v) is 16.7. The van der Waals surface area contributed by atoms with Crippen molar-refractivity contribution in [3.05, 3.63) is 47.7 Å². The number of nitrogens with two attached hydrogens (primary N) is 1. The summed E-state index contributed by atoms with van der Waals surface area (Å²) < 4.78 is 1.97. The van der Waals surface area contributed by atoms with E-state index in [0.29, 0.717) is 33.9 Å². The molecule has 3 aromatic rings. The lowest BCUT2D eigenvalue weighted by Gasteiger charge is -2.26. The van der Waals surface area contributed by atoms with Crippen molar-refractivity contribution < 1.29 is 9.59 Å². The molecule has 0 bridgehead atoms. The molecular formula is C22H24N6O2. The highest BCUT2D eigenvalue weighted by atomic mass is 16.2. The van der Waals surface area contributed by atoms with E-state index >= 15 is 0 Å². The molecule has 5 rings (SSSR count). The number of fused-ring (bicyclic) bond motifs is 1. The van der Waals surface area contributed by atoms with E-state index in [0.717, 1.165) is 38.8 Å². The topological polar surface area (TPSA) is 106 Å². The number of nitrogens with zero attached hydrogens (tertiary/aromatic N) is 4. The second kappa shape index (κ2) is 7.44. The van der Waals surface area contributed by atoms with Gasteiger partial charge in [0.2, 0.25) is 5.95 Å². The molecule has 0 unspecified atom stereocenters. The average Bonchev–Trinajstić information content (AvgIpc) is 3.54. The van der Waals surface area contributed by atoms with Gasteiger partial charge in [0.15, 0.2) is 5.65 Å². The number of piperidine rings is 1. The molecule has 1 saturated carbocycles. The maximum atomic E-state index is 12.8. The van der Waals surface area contributed by atoms with Crippen molar-refractivity contribution in [2.24, 2.45) is 0 Å². The number of aromatic nitrogens is 3. The summed E-state index contributed by atoms with van der Waals surface area (Å²) in [5, 5.41) is 2.90. The van der Waals surface area contributed by atoms with Gasteiger partial charge in [0.1, 0.15) is 5.52 Å². The smallest absolute Gasteiger partial charge is 0.258 e. The van der Waals surface area contributed by atoms with Crippen LogP contribution in [0.5, 0.6) is 0 Å². The fourth-order valence-electron chi connectivity index (χ4n) is 4.00. The Kier molecular flexibility index (Phi) is 4.61. The summed E-state index contributed by atoms with van der Waals surface area (Å²) in [6.45, 7) is 1.57. The molecule has 1 saturated heterocycles. The Bertz CT molecular complexity index is 1130. The average molecular weight is 404 g/mol. The van der Waals surface area contributed by atoms with Gasteiger partial charge in [0, 0.05) is 36.6 Å². The molecule has 2 aromatic heterocycles. The normalized spacial score (nSPS) is 16.6. The minimum Gasteiger partial charge on any atom is -0.399 e. The first kappa shape index (κ1) is 18.6. The van der Waals surface area contributed by atoms with E-state index in [-0.39, 0.29) is 17.9 Å². The van der Waals surface area contributed by atoms with E-state index in [1.807, 2.05) is 9.47 Å². The second-order valence-electron chi connectivity index (χ2n) is 8.04. The van der Waals surface area contributed by atoms with E-state index in [9.17, 15) is 9.59 Å². The van der Waals surface area contributed by atoms with Crippen LogP contribution in [0.15, 0.2) is 36.5 Å². The molecule has 30 heavy (non-hydrogen) atoms. The number of benzene rings is 1. The number of carbonyl (C=O) groups excluding carboxylic acids is 2. The number of hydrogen-bond acceptors (Lipinski definition) is 5. The number of likely N-dealkylation sites (tertiary alicyclic amines) is 1. The van der Waals surface area contributed by atoms with Crippen molar-refractivity contribution >= 4 is 34.6 Å². The van der Waals surface area contributed by atoms with Gasteiger partial charge in [-0.25, -0.2) is 9.97 Å². The standard InChI is InChI=1S/C22H24N6O2/c23-16-6-4-5-14(11-16)20(29)26-22-25-18-12-15(21(30)27-9-2-1-3-10-27)13-24-19(18)28(22)17-7-8-17/h4-6,11-13,17H,1-3,7-10,23H2,(H,25,26,29). The van der Waals surface area contributed by atoms with Crippen molar-refractivity contribution in [2.45, 2.75) is 38.1 Å². The molecule has 2 fully saturated rings. The zero-order valence-electron chi connectivity index (χ0n) is 16.7. The third-order valence-corrected chi connectivity index (χ3v) is 5.71. The van der Waals surface area contributed by atoms with Gasteiger partial charge in [0.25, 0.3) is 11.8 Å². The number of pyridine rings is 1. The highest BCUT2D eigenvalue weighted by Gasteiger charge is 2.30. The van der Waals surface area contributed by atoms with Gasteiger partial charge < -0.3 is 10.6 Å². The van der Waals surface area contributed by atoms with Gasteiger partial charge in [0.05, 0.1) is 5.56 Å². The van der Waals surface area contributed by atoms with Gasteiger partial charge in [-0.2, -0.15) is 0 Å². The maximum Gasteiger partial charge on any atom is 0.258 e. The van der Waals surface area contributed by atoms with Gasteiger partial charge in [-0.1, -0.05) is 6.07 Å². The van der Waals surface area contributed by atoms with Crippen molar-refractivity contribution in [3.63, 3.8) is 0 Å². The van der Waals surface area contributed by atoms with E-state index in [1.54, 1.807) is 36.5 Å². The van der Waals surface area contributed by atoms with Crippen LogP contribution in [0, 0.1) is 0 Å². The number of anilines is 2. The van der Waals surface area contributed by atoms with Crippen LogP contribution < -0.4 is 11.1 Å². The summed E-state index contributed by atoms with van der Waals surface area (Å²) in [4.78, 5) is 36.6. The summed E-state index contributed by atoms with van der Waals surface area (Å²) in [6.07, 6.45) is 6.91. The van der Waals surface area contributed by atoms with Crippen LogP contribution in [0.4, 0.5) is 11.6 Å². The van der Waals surface area contributed by atoms with Crippen LogP contribution in [0.2, 0.25) is 0 Å². The fourth-order valence-corrected chi connectivity index (χ4v) is 4.00. The quantitative estimate of drug-likeness (QED) is 0.650. The Morgan fingerprint density at radius 2 is 1.87 bits per heavy atom. The SMILES string of the molecule is Nc1cccc(C(=O)Nc2nc3cc(C(=O)N4CCCCC4)cnc3n2C2CC2)c1. The number of nitrogen functional groups attached to an aromatic ring is 1. The predicted octanol–water partition coefficient (Wildman–Crippen LogP) is 3.23. The van der Waals surface area contributed by atoms with Crippen LogP contribution in [-0.4, -0.2) is 44.3 Å². The molecule has 8 nitrogen and oxygen atoms in total. The van der Waals surface area contributed by atoms with Crippen molar-refractivity contribution in [1.29, 1.82) is 0 Å². The van der Waals surface area contributed by atoms with Crippen LogP contribution in [-0.2, 0) is 0 Å². The minimum atomic E-state index is -0.274. The molecular weight excluding hydrogens is 380 g/mol. The maximum absolute atomic E-state index is 12.8.